The summed E-state index contributed by atoms with van der Waals surface area (Å²) in [6.45, 7) is 7.19. The van der Waals surface area contributed by atoms with E-state index in [1.165, 1.54) is 19.3 Å². The number of carbonyl (C=O) groups is 1. The van der Waals surface area contributed by atoms with Crippen LogP contribution < -0.4 is 10.1 Å². The summed E-state index contributed by atoms with van der Waals surface area (Å²) >= 11 is 0. The van der Waals surface area contributed by atoms with Crippen LogP contribution >= 0.6 is 0 Å². The lowest BCUT2D eigenvalue weighted by atomic mass is 9.99. The van der Waals surface area contributed by atoms with Crippen LogP contribution in [0.15, 0.2) is 18.2 Å². The summed E-state index contributed by atoms with van der Waals surface area (Å²) in [5.41, 5.74) is 2.10. The Balaban J connectivity index is 2.44. The fourth-order valence-electron chi connectivity index (χ4n) is 2.50. The van der Waals surface area contributed by atoms with Crippen LogP contribution in [0.4, 0.5) is 0 Å². The van der Waals surface area contributed by atoms with E-state index in [4.69, 9.17) is 4.74 Å². The van der Waals surface area contributed by atoms with Crippen LogP contribution in [0.2, 0.25) is 0 Å². The summed E-state index contributed by atoms with van der Waals surface area (Å²) in [6, 6.07) is 5.90. The highest BCUT2D eigenvalue weighted by Crippen LogP contribution is 2.18. The van der Waals surface area contributed by atoms with Crippen molar-refractivity contribution in [2.45, 2.75) is 52.9 Å². The molecule has 1 aromatic rings. The molecule has 0 saturated carbocycles. The highest BCUT2D eigenvalue weighted by atomic mass is 16.5. The van der Waals surface area contributed by atoms with Gasteiger partial charge in [-0.25, -0.2) is 0 Å². The Morgan fingerprint density at radius 3 is 2.67 bits per heavy atom. The monoisotopic (exact) mass is 291 g/mol. The molecule has 3 nitrogen and oxygen atoms in total. The van der Waals surface area contributed by atoms with Crippen LogP contribution in [0, 0.1) is 12.8 Å². The predicted molar refractivity (Wildman–Crippen MR) is 87.8 cm³/mol. The zero-order valence-electron chi connectivity index (χ0n) is 13.9. The number of rotatable bonds is 9. The average molecular weight is 291 g/mol. The van der Waals surface area contributed by atoms with E-state index in [1.807, 2.05) is 25.1 Å². The van der Waals surface area contributed by atoms with E-state index >= 15 is 0 Å². The average Bonchev–Trinajstić information content (AvgIpc) is 2.47. The molecule has 0 aliphatic carbocycles. The summed E-state index contributed by atoms with van der Waals surface area (Å²) in [5, 5.41) is 3.07. The minimum Gasteiger partial charge on any atom is -0.496 e. The molecular formula is C18H29NO2. The lowest BCUT2D eigenvalue weighted by molar-refractivity contribution is -0.120. The number of hydrogen-bond acceptors (Lipinski definition) is 2. The van der Waals surface area contributed by atoms with Gasteiger partial charge in [0, 0.05) is 6.54 Å². The van der Waals surface area contributed by atoms with Gasteiger partial charge in [-0.3, -0.25) is 4.79 Å². The Morgan fingerprint density at radius 2 is 2.10 bits per heavy atom. The topological polar surface area (TPSA) is 38.3 Å². The molecule has 0 aliphatic rings. The van der Waals surface area contributed by atoms with Gasteiger partial charge in [-0.2, -0.15) is 0 Å². The molecule has 1 unspecified atom stereocenters. The first-order valence-corrected chi connectivity index (χ1v) is 8.00. The fraction of sp³-hybridized carbons (Fsp3) is 0.611. The van der Waals surface area contributed by atoms with Crippen LogP contribution in [0.25, 0.3) is 0 Å². The molecule has 0 bridgehead atoms. The highest BCUT2D eigenvalue weighted by molar-refractivity contribution is 5.78. The standard InChI is InChI=1S/C18H29NO2/c1-5-7-8-15(6-2)13-19-18(20)12-16-9-10-17(21-4)14(3)11-16/h9-11,15H,5-8,12-13H2,1-4H3,(H,19,20). The van der Waals surface area contributed by atoms with Gasteiger partial charge in [-0.1, -0.05) is 45.2 Å². The van der Waals surface area contributed by atoms with E-state index in [0.29, 0.717) is 12.3 Å². The lowest BCUT2D eigenvalue weighted by Crippen LogP contribution is -2.30. The molecule has 0 fully saturated rings. The van der Waals surface area contributed by atoms with Crippen molar-refractivity contribution in [2.75, 3.05) is 13.7 Å². The SMILES string of the molecule is CCCCC(CC)CNC(=O)Cc1ccc(OC)c(C)c1. The number of aryl methyl sites for hydroxylation is 1. The molecule has 0 aromatic heterocycles. The summed E-state index contributed by atoms with van der Waals surface area (Å²) in [4.78, 5) is 12.0. The van der Waals surface area contributed by atoms with Crippen molar-refractivity contribution in [3.05, 3.63) is 29.3 Å². The molecule has 1 N–H and O–H groups in total. The number of benzene rings is 1. The summed E-state index contributed by atoms with van der Waals surface area (Å²) in [7, 11) is 1.66. The number of amides is 1. The van der Waals surface area contributed by atoms with Gasteiger partial charge in [0.15, 0.2) is 0 Å². The minimum atomic E-state index is 0.106. The Labute approximate surface area is 129 Å². The number of unbranched alkanes of at least 4 members (excludes halogenated alkanes) is 1. The van der Waals surface area contributed by atoms with Crippen molar-refractivity contribution in [3.63, 3.8) is 0 Å². The van der Waals surface area contributed by atoms with Crippen molar-refractivity contribution >= 4 is 5.91 Å². The molecule has 21 heavy (non-hydrogen) atoms. The minimum absolute atomic E-state index is 0.106. The maximum atomic E-state index is 12.0. The third kappa shape index (κ3) is 6.19. The first-order chi connectivity index (χ1) is 10.1. The summed E-state index contributed by atoms with van der Waals surface area (Å²) < 4.78 is 5.24. The van der Waals surface area contributed by atoms with Gasteiger partial charge in [0.2, 0.25) is 5.91 Å². The van der Waals surface area contributed by atoms with Crippen molar-refractivity contribution in [3.8, 4) is 5.75 Å². The second-order valence-electron chi connectivity index (χ2n) is 5.70. The Bertz CT molecular complexity index is 443. The van der Waals surface area contributed by atoms with E-state index in [9.17, 15) is 4.79 Å². The van der Waals surface area contributed by atoms with Gasteiger partial charge >= 0.3 is 0 Å². The number of ether oxygens (including phenoxy) is 1. The van der Waals surface area contributed by atoms with E-state index in [-0.39, 0.29) is 5.91 Å². The molecule has 1 rings (SSSR count). The molecule has 0 aliphatic heterocycles. The van der Waals surface area contributed by atoms with Crippen LogP contribution in [-0.2, 0) is 11.2 Å². The largest absolute Gasteiger partial charge is 0.496 e. The van der Waals surface area contributed by atoms with Crippen molar-refractivity contribution in [1.29, 1.82) is 0 Å². The predicted octanol–water partition coefficient (Wildman–Crippen LogP) is 3.88. The van der Waals surface area contributed by atoms with Gasteiger partial charge in [0.1, 0.15) is 5.75 Å². The Kier molecular flexibility index (Phi) is 7.88. The number of nitrogens with one attached hydrogen (secondary N) is 1. The Morgan fingerprint density at radius 1 is 1.33 bits per heavy atom. The maximum Gasteiger partial charge on any atom is 0.224 e. The molecule has 0 spiro atoms. The second-order valence-corrected chi connectivity index (χ2v) is 5.70. The summed E-state index contributed by atoms with van der Waals surface area (Å²) in [6.07, 6.45) is 5.23. The van der Waals surface area contributed by atoms with Crippen LogP contribution in [0.5, 0.6) is 5.75 Å². The zero-order valence-corrected chi connectivity index (χ0v) is 13.9. The van der Waals surface area contributed by atoms with Crippen LogP contribution in [0.3, 0.4) is 0 Å². The third-order valence-electron chi connectivity index (χ3n) is 3.96. The normalized spacial score (nSPS) is 12.0. The first kappa shape index (κ1) is 17.5. The fourth-order valence-corrected chi connectivity index (χ4v) is 2.50. The van der Waals surface area contributed by atoms with Crippen LogP contribution in [-0.4, -0.2) is 19.6 Å². The molecule has 3 heteroatoms. The van der Waals surface area contributed by atoms with E-state index in [2.05, 4.69) is 19.2 Å². The van der Waals surface area contributed by atoms with Crippen molar-refractivity contribution in [2.24, 2.45) is 5.92 Å². The molecule has 1 atom stereocenters. The Hall–Kier alpha value is -1.51. The van der Waals surface area contributed by atoms with Gasteiger partial charge in [-0.15, -0.1) is 0 Å². The second kappa shape index (κ2) is 9.43. The first-order valence-electron chi connectivity index (χ1n) is 8.00. The number of carbonyl (C=O) groups excluding carboxylic acids is 1. The molecule has 1 aromatic carbocycles. The molecule has 0 saturated heterocycles. The third-order valence-corrected chi connectivity index (χ3v) is 3.96. The molecular weight excluding hydrogens is 262 g/mol. The van der Waals surface area contributed by atoms with Crippen LogP contribution in [0.1, 0.15) is 50.7 Å². The van der Waals surface area contributed by atoms with Gasteiger partial charge in [-0.05, 0) is 36.5 Å². The quantitative estimate of drug-likeness (QED) is 0.750. The van der Waals surface area contributed by atoms with Gasteiger partial charge < -0.3 is 10.1 Å². The smallest absolute Gasteiger partial charge is 0.224 e. The highest BCUT2D eigenvalue weighted by Gasteiger charge is 2.09. The van der Waals surface area contributed by atoms with Gasteiger partial charge in [0.25, 0.3) is 0 Å². The van der Waals surface area contributed by atoms with Crippen molar-refractivity contribution < 1.29 is 9.53 Å². The van der Waals surface area contributed by atoms with E-state index in [0.717, 1.165) is 29.8 Å². The zero-order chi connectivity index (χ0) is 15.7. The summed E-state index contributed by atoms with van der Waals surface area (Å²) in [5.74, 6) is 1.57. The van der Waals surface area contributed by atoms with E-state index < -0.39 is 0 Å². The van der Waals surface area contributed by atoms with Crippen molar-refractivity contribution in [1.82, 2.24) is 5.32 Å². The maximum absolute atomic E-state index is 12.0. The molecule has 0 heterocycles. The number of methoxy groups -OCH3 is 1. The molecule has 118 valence electrons. The molecule has 0 radical (unpaired) electrons. The molecule has 1 amide bonds. The van der Waals surface area contributed by atoms with Gasteiger partial charge in [0.05, 0.1) is 13.5 Å². The number of hydrogen-bond donors (Lipinski definition) is 1. The van der Waals surface area contributed by atoms with E-state index in [1.54, 1.807) is 7.11 Å². The lowest BCUT2D eigenvalue weighted by Gasteiger charge is -2.15.